The van der Waals surface area contributed by atoms with Crippen molar-refractivity contribution in [2.45, 2.75) is 39.8 Å². The van der Waals surface area contributed by atoms with Gasteiger partial charge in [-0.2, -0.15) is 0 Å². The lowest BCUT2D eigenvalue weighted by Crippen LogP contribution is -2.21. The number of nitrogens with one attached hydrogen (secondary N) is 1. The van der Waals surface area contributed by atoms with Crippen LogP contribution >= 0.6 is 0 Å². The molecule has 0 aromatic heterocycles. The van der Waals surface area contributed by atoms with Gasteiger partial charge in [0.1, 0.15) is 5.75 Å². The Bertz CT molecular complexity index is 546. The molecule has 2 heteroatoms. The highest BCUT2D eigenvalue weighted by Gasteiger charge is 2.05. The van der Waals surface area contributed by atoms with E-state index in [1.54, 1.807) is 0 Å². The Morgan fingerprint density at radius 2 is 1.71 bits per heavy atom. The SMILES string of the molecule is CCCOc1ccccc1-c1ccc(CNC(C)C)cc1. The Hall–Kier alpha value is -1.80. The number of hydrogen-bond acceptors (Lipinski definition) is 2. The Kier molecular flexibility index (Phi) is 5.82. The van der Waals surface area contributed by atoms with E-state index in [9.17, 15) is 0 Å². The molecule has 0 saturated heterocycles. The largest absolute Gasteiger partial charge is 0.493 e. The van der Waals surface area contributed by atoms with Crippen LogP contribution in [0.5, 0.6) is 5.75 Å². The van der Waals surface area contributed by atoms with Crippen LogP contribution in [0.4, 0.5) is 0 Å². The van der Waals surface area contributed by atoms with Gasteiger partial charge in [-0.15, -0.1) is 0 Å². The summed E-state index contributed by atoms with van der Waals surface area (Å²) < 4.78 is 5.84. The first kappa shape index (κ1) is 15.6. The van der Waals surface area contributed by atoms with Gasteiger partial charge in [0.15, 0.2) is 0 Å². The lowest BCUT2D eigenvalue weighted by atomic mass is 10.0. The zero-order valence-electron chi connectivity index (χ0n) is 13.2. The lowest BCUT2D eigenvalue weighted by Gasteiger charge is -2.12. The summed E-state index contributed by atoms with van der Waals surface area (Å²) in [5.74, 6) is 0.965. The van der Waals surface area contributed by atoms with Crippen molar-refractivity contribution in [1.29, 1.82) is 0 Å². The summed E-state index contributed by atoms with van der Waals surface area (Å²) in [6.45, 7) is 8.11. The van der Waals surface area contributed by atoms with E-state index in [-0.39, 0.29) is 0 Å². The van der Waals surface area contributed by atoms with E-state index in [0.29, 0.717) is 6.04 Å². The zero-order valence-corrected chi connectivity index (χ0v) is 13.2. The van der Waals surface area contributed by atoms with E-state index in [0.717, 1.165) is 30.9 Å². The van der Waals surface area contributed by atoms with E-state index < -0.39 is 0 Å². The number of ether oxygens (including phenoxy) is 1. The first-order valence-corrected chi connectivity index (χ1v) is 7.75. The molecule has 0 fully saturated rings. The third kappa shape index (κ3) is 4.61. The standard InChI is InChI=1S/C19H25NO/c1-4-13-21-19-8-6-5-7-18(19)17-11-9-16(10-12-17)14-20-15(2)3/h5-12,15,20H,4,13-14H2,1-3H3. The minimum absolute atomic E-state index is 0.507. The van der Waals surface area contributed by atoms with Crippen LogP contribution in [0.25, 0.3) is 11.1 Å². The summed E-state index contributed by atoms with van der Waals surface area (Å²) >= 11 is 0. The smallest absolute Gasteiger partial charge is 0.127 e. The van der Waals surface area contributed by atoms with Gasteiger partial charge in [-0.25, -0.2) is 0 Å². The van der Waals surface area contributed by atoms with Crippen molar-refractivity contribution >= 4 is 0 Å². The number of rotatable bonds is 7. The van der Waals surface area contributed by atoms with Crippen molar-refractivity contribution < 1.29 is 4.74 Å². The Labute approximate surface area is 128 Å². The number of hydrogen-bond donors (Lipinski definition) is 1. The van der Waals surface area contributed by atoms with E-state index in [1.807, 2.05) is 12.1 Å². The van der Waals surface area contributed by atoms with Crippen molar-refractivity contribution in [3.63, 3.8) is 0 Å². The molecule has 21 heavy (non-hydrogen) atoms. The fourth-order valence-corrected chi connectivity index (χ4v) is 2.17. The lowest BCUT2D eigenvalue weighted by molar-refractivity contribution is 0.318. The molecule has 0 aliphatic rings. The average Bonchev–Trinajstić information content (AvgIpc) is 2.52. The Morgan fingerprint density at radius 3 is 2.38 bits per heavy atom. The van der Waals surface area contributed by atoms with Crippen LogP contribution in [-0.4, -0.2) is 12.6 Å². The number of para-hydroxylation sites is 1. The van der Waals surface area contributed by atoms with Crippen molar-refractivity contribution in [3.8, 4) is 16.9 Å². The second kappa shape index (κ2) is 7.84. The van der Waals surface area contributed by atoms with Gasteiger partial charge in [0, 0.05) is 18.2 Å². The van der Waals surface area contributed by atoms with Gasteiger partial charge in [-0.1, -0.05) is 63.2 Å². The van der Waals surface area contributed by atoms with Crippen molar-refractivity contribution in [3.05, 3.63) is 54.1 Å². The predicted octanol–water partition coefficient (Wildman–Crippen LogP) is 4.64. The van der Waals surface area contributed by atoms with Gasteiger partial charge in [-0.05, 0) is 23.6 Å². The maximum Gasteiger partial charge on any atom is 0.127 e. The van der Waals surface area contributed by atoms with Gasteiger partial charge >= 0.3 is 0 Å². The first-order valence-electron chi connectivity index (χ1n) is 7.75. The molecule has 0 heterocycles. The fourth-order valence-electron chi connectivity index (χ4n) is 2.17. The minimum atomic E-state index is 0.507. The molecule has 0 radical (unpaired) electrons. The predicted molar refractivity (Wildman–Crippen MR) is 89.6 cm³/mol. The molecule has 112 valence electrons. The highest BCUT2D eigenvalue weighted by Crippen LogP contribution is 2.30. The van der Waals surface area contributed by atoms with Crippen LogP contribution in [0.15, 0.2) is 48.5 Å². The van der Waals surface area contributed by atoms with Crippen LogP contribution in [-0.2, 0) is 6.54 Å². The summed E-state index contributed by atoms with van der Waals surface area (Å²) in [5, 5.41) is 3.44. The summed E-state index contributed by atoms with van der Waals surface area (Å²) in [6, 6.07) is 17.5. The molecule has 1 N–H and O–H groups in total. The molecular weight excluding hydrogens is 258 g/mol. The zero-order chi connectivity index (χ0) is 15.1. The van der Waals surface area contributed by atoms with Crippen LogP contribution in [0.1, 0.15) is 32.8 Å². The monoisotopic (exact) mass is 283 g/mol. The van der Waals surface area contributed by atoms with Crippen LogP contribution in [0, 0.1) is 0 Å². The summed E-state index contributed by atoms with van der Waals surface area (Å²) in [5.41, 5.74) is 3.67. The van der Waals surface area contributed by atoms with E-state index in [4.69, 9.17) is 4.74 Å². The van der Waals surface area contributed by atoms with Gasteiger partial charge < -0.3 is 10.1 Å². The molecule has 2 aromatic carbocycles. The Morgan fingerprint density at radius 1 is 1.00 bits per heavy atom. The van der Waals surface area contributed by atoms with Crippen LogP contribution in [0.2, 0.25) is 0 Å². The molecule has 0 aliphatic heterocycles. The quantitative estimate of drug-likeness (QED) is 0.799. The molecule has 2 rings (SSSR count). The summed E-state index contributed by atoms with van der Waals surface area (Å²) in [6.07, 6.45) is 1.02. The molecule has 2 aromatic rings. The van der Waals surface area contributed by atoms with Gasteiger partial charge in [-0.3, -0.25) is 0 Å². The highest BCUT2D eigenvalue weighted by molar-refractivity contribution is 5.70. The van der Waals surface area contributed by atoms with E-state index in [2.05, 4.69) is 62.5 Å². The molecule has 0 aliphatic carbocycles. The van der Waals surface area contributed by atoms with Gasteiger partial charge in [0.05, 0.1) is 6.61 Å². The molecule has 0 saturated carbocycles. The minimum Gasteiger partial charge on any atom is -0.493 e. The van der Waals surface area contributed by atoms with E-state index in [1.165, 1.54) is 11.1 Å². The van der Waals surface area contributed by atoms with Crippen molar-refractivity contribution in [2.24, 2.45) is 0 Å². The second-order valence-electron chi connectivity index (χ2n) is 5.58. The van der Waals surface area contributed by atoms with Crippen LogP contribution in [0.3, 0.4) is 0 Å². The van der Waals surface area contributed by atoms with Crippen LogP contribution < -0.4 is 10.1 Å². The molecule has 0 amide bonds. The highest BCUT2D eigenvalue weighted by atomic mass is 16.5. The van der Waals surface area contributed by atoms with Gasteiger partial charge in [0.25, 0.3) is 0 Å². The molecule has 0 spiro atoms. The Balaban J connectivity index is 2.14. The average molecular weight is 283 g/mol. The normalized spacial score (nSPS) is 10.9. The molecule has 0 bridgehead atoms. The van der Waals surface area contributed by atoms with Crippen molar-refractivity contribution in [2.75, 3.05) is 6.61 Å². The third-order valence-electron chi connectivity index (χ3n) is 3.33. The summed E-state index contributed by atoms with van der Waals surface area (Å²) in [7, 11) is 0. The maximum atomic E-state index is 5.84. The topological polar surface area (TPSA) is 21.3 Å². The molecule has 0 atom stereocenters. The fraction of sp³-hybridized carbons (Fsp3) is 0.368. The van der Waals surface area contributed by atoms with Crippen molar-refractivity contribution in [1.82, 2.24) is 5.32 Å². The molecule has 0 unspecified atom stereocenters. The molecule has 2 nitrogen and oxygen atoms in total. The third-order valence-corrected chi connectivity index (χ3v) is 3.33. The number of benzene rings is 2. The van der Waals surface area contributed by atoms with Gasteiger partial charge in [0.2, 0.25) is 0 Å². The van der Waals surface area contributed by atoms with E-state index >= 15 is 0 Å². The maximum absolute atomic E-state index is 5.84. The first-order chi connectivity index (χ1) is 10.2. The summed E-state index contributed by atoms with van der Waals surface area (Å²) in [4.78, 5) is 0. The second-order valence-corrected chi connectivity index (χ2v) is 5.58. The molecular formula is C19H25NO.